The molecule has 0 aliphatic rings. The molecule has 6 nitrogen and oxygen atoms in total. The summed E-state index contributed by atoms with van der Waals surface area (Å²) >= 11 is 13.2. The van der Waals surface area contributed by atoms with Crippen LogP contribution in [0, 0.1) is 0 Å². The van der Waals surface area contributed by atoms with Crippen molar-refractivity contribution in [3.8, 4) is 5.69 Å². The zero-order chi connectivity index (χ0) is 22.5. The van der Waals surface area contributed by atoms with E-state index in [2.05, 4.69) is 15.5 Å². The summed E-state index contributed by atoms with van der Waals surface area (Å²) in [5, 5.41) is 5.91. The van der Waals surface area contributed by atoms with Gasteiger partial charge in [0.1, 0.15) is 0 Å². The van der Waals surface area contributed by atoms with Gasteiger partial charge in [-0.25, -0.2) is 10.4 Å². The number of hydrogen-bond acceptors (Lipinski definition) is 5. The molecule has 4 aromatic rings. The fourth-order valence-corrected chi connectivity index (χ4v) is 4.06. The summed E-state index contributed by atoms with van der Waals surface area (Å²) in [6, 6.07) is 21.1. The van der Waals surface area contributed by atoms with E-state index in [9.17, 15) is 9.59 Å². The molecule has 0 aliphatic carbocycles. The van der Waals surface area contributed by atoms with E-state index in [1.54, 1.807) is 54.6 Å². The molecule has 1 aromatic heterocycles. The highest BCUT2D eigenvalue weighted by Crippen LogP contribution is 2.22. The number of benzene rings is 3. The monoisotopic (exact) mass is 482 g/mol. The van der Waals surface area contributed by atoms with E-state index in [0.717, 1.165) is 11.8 Å². The lowest BCUT2D eigenvalue weighted by Gasteiger charge is -2.13. The second-order valence-corrected chi connectivity index (χ2v) is 8.42. The highest BCUT2D eigenvalue weighted by atomic mass is 35.5. The second kappa shape index (κ2) is 9.99. The first-order valence-electron chi connectivity index (χ1n) is 9.50. The lowest BCUT2D eigenvalue weighted by atomic mass is 10.2. The SMILES string of the molecule is O=C(CSc1nc2ccccc2c(=O)n1-c1ccc(Cl)cc1)N/N=C/c1ccccc1Cl. The van der Waals surface area contributed by atoms with Crippen LogP contribution in [0.1, 0.15) is 5.56 Å². The molecule has 0 fully saturated rings. The number of carbonyl (C=O) groups is 1. The van der Waals surface area contributed by atoms with Gasteiger partial charge in [0.05, 0.1) is 28.6 Å². The van der Waals surface area contributed by atoms with Crippen LogP contribution in [0.5, 0.6) is 0 Å². The zero-order valence-electron chi connectivity index (χ0n) is 16.5. The Bertz CT molecular complexity index is 1370. The number of amides is 1. The van der Waals surface area contributed by atoms with Crippen molar-refractivity contribution < 1.29 is 4.79 Å². The van der Waals surface area contributed by atoms with E-state index in [4.69, 9.17) is 23.2 Å². The van der Waals surface area contributed by atoms with Crippen LogP contribution in [-0.4, -0.2) is 27.4 Å². The molecule has 0 spiro atoms. The summed E-state index contributed by atoms with van der Waals surface area (Å²) in [6.07, 6.45) is 1.48. The molecule has 3 aromatic carbocycles. The van der Waals surface area contributed by atoms with Crippen molar-refractivity contribution in [2.75, 3.05) is 5.75 Å². The molecule has 160 valence electrons. The molecular weight excluding hydrogens is 467 g/mol. The van der Waals surface area contributed by atoms with Gasteiger partial charge in [0, 0.05) is 15.6 Å². The van der Waals surface area contributed by atoms with Crippen LogP contribution in [-0.2, 0) is 4.79 Å². The van der Waals surface area contributed by atoms with Crippen molar-refractivity contribution in [2.45, 2.75) is 5.16 Å². The van der Waals surface area contributed by atoms with Gasteiger partial charge in [0.2, 0.25) is 0 Å². The first-order chi connectivity index (χ1) is 15.5. The second-order valence-electron chi connectivity index (χ2n) is 6.63. The normalized spacial score (nSPS) is 11.2. The van der Waals surface area contributed by atoms with Gasteiger partial charge in [-0.2, -0.15) is 5.10 Å². The predicted octanol–water partition coefficient (Wildman–Crippen LogP) is 4.93. The maximum atomic E-state index is 13.2. The number of thioether (sulfide) groups is 1. The Morgan fingerprint density at radius 1 is 1.03 bits per heavy atom. The summed E-state index contributed by atoms with van der Waals surface area (Å²) in [5.41, 5.74) is 4.10. The van der Waals surface area contributed by atoms with Crippen molar-refractivity contribution in [3.05, 3.63) is 98.8 Å². The fraction of sp³-hybridized carbons (Fsp3) is 0.0435. The van der Waals surface area contributed by atoms with Gasteiger partial charge in [-0.05, 0) is 42.5 Å². The highest BCUT2D eigenvalue weighted by Gasteiger charge is 2.14. The number of nitrogens with one attached hydrogen (secondary N) is 1. The molecule has 0 atom stereocenters. The molecule has 9 heteroatoms. The summed E-state index contributed by atoms with van der Waals surface area (Å²) in [4.78, 5) is 30.1. The molecule has 4 rings (SSSR count). The number of carbonyl (C=O) groups excluding carboxylic acids is 1. The van der Waals surface area contributed by atoms with E-state index in [-0.39, 0.29) is 17.2 Å². The number of nitrogens with zero attached hydrogens (tertiary/aromatic N) is 3. The number of fused-ring (bicyclic) bond motifs is 1. The molecule has 0 saturated carbocycles. The van der Waals surface area contributed by atoms with E-state index in [0.29, 0.717) is 37.4 Å². The molecule has 0 aliphatic heterocycles. The molecule has 1 amide bonds. The first kappa shape index (κ1) is 22.1. The Balaban J connectivity index is 1.57. The van der Waals surface area contributed by atoms with Crippen LogP contribution in [0.25, 0.3) is 16.6 Å². The van der Waals surface area contributed by atoms with Crippen LogP contribution in [0.3, 0.4) is 0 Å². The van der Waals surface area contributed by atoms with E-state index in [1.807, 2.05) is 18.2 Å². The minimum absolute atomic E-state index is 0.0121. The van der Waals surface area contributed by atoms with Crippen molar-refractivity contribution in [3.63, 3.8) is 0 Å². The highest BCUT2D eigenvalue weighted by molar-refractivity contribution is 7.99. The zero-order valence-corrected chi connectivity index (χ0v) is 18.9. The summed E-state index contributed by atoms with van der Waals surface area (Å²) in [6.45, 7) is 0. The third-order valence-electron chi connectivity index (χ3n) is 4.46. The van der Waals surface area contributed by atoms with Gasteiger partial charge < -0.3 is 0 Å². The van der Waals surface area contributed by atoms with Gasteiger partial charge in [-0.15, -0.1) is 0 Å². The largest absolute Gasteiger partial charge is 0.272 e. The topological polar surface area (TPSA) is 76.3 Å². The minimum Gasteiger partial charge on any atom is -0.272 e. The average molecular weight is 483 g/mol. The molecule has 1 N–H and O–H groups in total. The Kier molecular flexibility index (Phi) is 6.90. The molecule has 1 heterocycles. The lowest BCUT2D eigenvalue weighted by Crippen LogP contribution is -2.24. The van der Waals surface area contributed by atoms with Crippen molar-refractivity contribution in [1.29, 1.82) is 0 Å². The number of para-hydroxylation sites is 1. The predicted molar refractivity (Wildman–Crippen MR) is 130 cm³/mol. The molecule has 0 unspecified atom stereocenters. The number of rotatable bonds is 6. The first-order valence-corrected chi connectivity index (χ1v) is 11.2. The van der Waals surface area contributed by atoms with Crippen molar-refractivity contribution in [1.82, 2.24) is 15.0 Å². The van der Waals surface area contributed by atoms with Gasteiger partial charge in [0.15, 0.2) is 5.16 Å². The molecule has 0 saturated heterocycles. The Morgan fingerprint density at radius 2 is 1.75 bits per heavy atom. The van der Waals surface area contributed by atoms with Crippen LogP contribution in [0.2, 0.25) is 10.0 Å². The van der Waals surface area contributed by atoms with Crippen LogP contribution < -0.4 is 11.0 Å². The Hall–Kier alpha value is -3.13. The number of aromatic nitrogens is 2. The van der Waals surface area contributed by atoms with E-state index >= 15 is 0 Å². The Labute approximate surface area is 197 Å². The molecule has 0 radical (unpaired) electrons. The Morgan fingerprint density at radius 3 is 2.53 bits per heavy atom. The molecule has 0 bridgehead atoms. The van der Waals surface area contributed by atoms with Gasteiger partial charge in [-0.1, -0.05) is 65.3 Å². The maximum absolute atomic E-state index is 13.2. The summed E-state index contributed by atoms with van der Waals surface area (Å²) in [5.74, 6) is -0.332. The lowest BCUT2D eigenvalue weighted by molar-refractivity contribution is -0.118. The summed E-state index contributed by atoms with van der Waals surface area (Å²) < 4.78 is 1.48. The van der Waals surface area contributed by atoms with Crippen LogP contribution in [0.15, 0.2) is 87.8 Å². The third kappa shape index (κ3) is 5.02. The standard InChI is InChI=1S/C23H16Cl2N4O2S/c24-16-9-11-17(12-10-16)29-22(31)18-6-2-4-8-20(18)27-23(29)32-14-21(30)28-26-13-15-5-1-3-7-19(15)25/h1-13H,14H2,(H,28,30)/b26-13+. The minimum atomic E-state index is -0.344. The van der Waals surface area contributed by atoms with E-state index in [1.165, 1.54) is 10.8 Å². The van der Waals surface area contributed by atoms with Crippen LogP contribution >= 0.6 is 35.0 Å². The van der Waals surface area contributed by atoms with Crippen molar-refractivity contribution in [2.24, 2.45) is 5.10 Å². The number of hydrogen-bond donors (Lipinski definition) is 1. The fourth-order valence-electron chi connectivity index (χ4n) is 2.94. The number of hydrazone groups is 1. The van der Waals surface area contributed by atoms with Gasteiger partial charge in [0.25, 0.3) is 11.5 Å². The molecular formula is C23H16Cl2N4O2S. The van der Waals surface area contributed by atoms with Crippen molar-refractivity contribution >= 4 is 58.0 Å². The quantitative estimate of drug-likeness (QED) is 0.183. The van der Waals surface area contributed by atoms with Gasteiger partial charge in [-0.3, -0.25) is 14.2 Å². The third-order valence-corrected chi connectivity index (χ3v) is 5.99. The number of halogens is 2. The van der Waals surface area contributed by atoms with Crippen LogP contribution in [0.4, 0.5) is 0 Å². The molecule has 32 heavy (non-hydrogen) atoms. The smallest absolute Gasteiger partial charge is 0.266 e. The average Bonchev–Trinajstić information content (AvgIpc) is 2.80. The van der Waals surface area contributed by atoms with Gasteiger partial charge >= 0.3 is 0 Å². The maximum Gasteiger partial charge on any atom is 0.266 e. The van der Waals surface area contributed by atoms with E-state index < -0.39 is 0 Å². The summed E-state index contributed by atoms with van der Waals surface area (Å²) in [7, 11) is 0.